The van der Waals surface area contributed by atoms with Gasteiger partial charge in [0.2, 0.25) is 0 Å². The number of benzene rings is 1. The number of rotatable bonds is 4. The van der Waals surface area contributed by atoms with E-state index in [0.717, 1.165) is 10.2 Å². The van der Waals surface area contributed by atoms with Crippen molar-refractivity contribution in [3.05, 3.63) is 24.3 Å². The summed E-state index contributed by atoms with van der Waals surface area (Å²) in [5.74, 6) is 0. The number of aromatic nitrogens is 1. The summed E-state index contributed by atoms with van der Waals surface area (Å²) in [6.07, 6.45) is 0. The molecule has 0 bridgehead atoms. The Kier molecular flexibility index (Phi) is 4.11. The summed E-state index contributed by atoms with van der Waals surface area (Å²) < 4.78 is 6.00. The van der Waals surface area contributed by atoms with Gasteiger partial charge in [-0.25, -0.2) is 9.78 Å². The predicted octanol–water partition coefficient (Wildman–Crippen LogP) is 2.45. The first-order valence-corrected chi connectivity index (χ1v) is 6.42. The molecule has 2 rings (SSSR count). The molecule has 5 nitrogen and oxygen atoms in total. The number of hydrogen-bond donors (Lipinski definition) is 2. The van der Waals surface area contributed by atoms with Gasteiger partial charge in [-0.05, 0) is 19.1 Å². The first-order valence-electron chi connectivity index (χ1n) is 5.61. The second-order valence-corrected chi connectivity index (χ2v) is 4.97. The van der Waals surface area contributed by atoms with Crippen molar-refractivity contribution in [2.75, 3.05) is 19.0 Å². The first kappa shape index (κ1) is 12.8. The second-order valence-electron chi connectivity index (χ2n) is 3.94. The first-order chi connectivity index (χ1) is 8.69. The molecule has 0 aliphatic rings. The minimum Gasteiger partial charge on any atom is -0.383 e. The Balaban J connectivity index is 1.98. The second kappa shape index (κ2) is 5.79. The van der Waals surface area contributed by atoms with Gasteiger partial charge in [0, 0.05) is 7.11 Å². The van der Waals surface area contributed by atoms with E-state index in [9.17, 15) is 4.79 Å². The largest absolute Gasteiger partial charge is 0.383 e. The number of para-hydroxylation sites is 1. The van der Waals surface area contributed by atoms with Crippen LogP contribution in [0.3, 0.4) is 0 Å². The molecular formula is C12H15N3O2S. The topological polar surface area (TPSA) is 63.2 Å². The van der Waals surface area contributed by atoms with Gasteiger partial charge >= 0.3 is 6.03 Å². The average molecular weight is 265 g/mol. The van der Waals surface area contributed by atoms with E-state index in [2.05, 4.69) is 15.6 Å². The van der Waals surface area contributed by atoms with Gasteiger partial charge in [0.25, 0.3) is 0 Å². The summed E-state index contributed by atoms with van der Waals surface area (Å²) in [6, 6.07) is 7.46. The molecule has 1 aromatic heterocycles. The molecule has 18 heavy (non-hydrogen) atoms. The highest BCUT2D eigenvalue weighted by Gasteiger charge is 2.09. The molecule has 6 heteroatoms. The zero-order valence-corrected chi connectivity index (χ0v) is 11.1. The lowest BCUT2D eigenvalue weighted by Crippen LogP contribution is -2.38. The molecule has 0 aliphatic heterocycles. The SMILES string of the molecule is COCC(C)NC(=O)Nc1nc2ccccc2s1. The van der Waals surface area contributed by atoms with Crippen LogP contribution in [-0.2, 0) is 4.74 Å². The molecule has 0 fully saturated rings. The maximum absolute atomic E-state index is 11.7. The van der Waals surface area contributed by atoms with Crippen molar-refractivity contribution >= 4 is 32.7 Å². The maximum atomic E-state index is 11.7. The van der Waals surface area contributed by atoms with Crippen LogP contribution in [0, 0.1) is 0 Å². The number of hydrogen-bond acceptors (Lipinski definition) is 4. The minimum absolute atomic E-state index is 0.0376. The van der Waals surface area contributed by atoms with E-state index in [-0.39, 0.29) is 12.1 Å². The van der Waals surface area contributed by atoms with Gasteiger partial charge in [-0.2, -0.15) is 0 Å². The van der Waals surface area contributed by atoms with Gasteiger partial charge < -0.3 is 10.1 Å². The maximum Gasteiger partial charge on any atom is 0.321 e. The van der Waals surface area contributed by atoms with Crippen molar-refractivity contribution in [3.8, 4) is 0 Å². The summed E-state index contributed by atoms with van der Waals surface area (Å²) >= 11 is 1.45. The lowest BCUT2D eigenvalue weighted by molar-refractivity contribution is 0.173. The van der Waals surface area contributed by atoms with Crippen molar-refractivity contribution in [2.24, 2.45) is 0 Å². The van der Waals surface area contributed by atoms with Crippen LogP contribution in [0.2, 0.25) is 0 Å². The fourth-order valence-electron chi connectivity index (χ4n) is 1.57. The van der Waals surface area contributed by atoms with Crippen LogP contribution in [0.5, 0.6) is 0 Å². The van der Waals surface area contributed by atoms with E-state index in [1.54, 1.807) is 7.11 Å². The highest BCUT2D eigenvalue weighted by Crippen LogP contribution is 2.25. The number of carbonyl (C=O) groups is 1. The molecular weight excluding hydrogens is 250 g/mol. The van der Waals surface area contributed by atoms with Gasteiger partial charge in [0.05, 0.1) is 22.9 Å². The standard InChI is InChI=1S/C12H15N3O2S/c1-8(7-17-2)13-11(16)15-12-14-9-5-3-4-6-10(9)18-12/h3-6,8H,7H2,1-2H3,(H2,13,14,15,16). The molecule has 1 aromatic carbocycles. The van der Waals surface area contributed by atoms with E-state index in [0.29, 0.717) is 11.7 Å². The van der Waals surface area contributed by atoms with Crippen molar-refractivity contribution in [3.63, 3.8) is 0 Å². The normalized spacial score (nSPS) is 12.3. The predicted molar refractivity (Wildman–Crippen MR) is 73.1 cm³/mol. The molecule has 0 saturated heterocycles. The zero-order chi connectivity index (χ0) is 13.0. The monoisotopic (exact) mass is 265 g/mol. The lowest BCUT2D eigenvalue weighted by Gasteiger charge is -2.12. The Morgan fingerprint density at radius 1 is 1.50 bits per heavy atom. The molecule has 2 aromatic rings. The molecule has 0 spiro atoms. The van der Waals surface area contributed by atoms with Crippen LogP contribution in [0.1, 0.15) is 6.92 Å². The van der Waals surface area contributed by atoms with Crippen LogP contribution < -0.4 is 10.6 Å². The molecule has 96 valence electrons. The Hall–Kier alpha value is -1.66. The average Bonchev–Trinajstić information content (AvgIpc) is 2.70. The molecule has 1 heterocycles. The number of nitrogens with zero attached hydrogens (tertiary/aromatic N) is 1. The number of amides is 2. The number of nitrogens with one attached hydrogen (secondary N) is 2. The van der Waals surface area contributed by atoms with Gasteiger partial charge in [-0.3, -0.25) is 5.32 Å². The molecule has 1 unspecified atom stereocenters. The summed E-state index contributed by atoms with van der Waals surface area (Å²) in [4.78, 5) is 16.0. The van der Waals surface area contributed by atoms with Crippen LogP contribution >= 0.6 is 11.3 Å². The van der Waals surface area contributed by atoms with Crippen LogP contribution in [-0.4, -0.2) is 30.8 Å². The van der Waals surface area contributed by atoms with Crippen molar-refractivity contribution < 1.29 is 9.53 Å². The van der Waals surface area contributed by atoms with Gasteiger partial charge in [-0.1, -0.05) is 23.5 Å². The molecule has 1 atom stereocenters. The Morgan fingerprint density at radius 3 is 3.00 bits per heavy atom. The molecule has 2 amide bonds. The number of carbonyl (C=O) groups excluding carboxylic acids is 1. The number of urea groups is 1. The van der Waals surface area contributed by atoms with E-state index < -0.39 is 0 Å². The third-order valence-electron chi connectivity index (χ3n) is 2.31. The lowest BCUT2D eigenvalue weighted by atomic mass is 10.3. The number of ether oxygens (including phenoxy) is 1. The number of methoxy groups -OCH3 is 1. The van der Waals surface area contributed by atoms with Gasteiger partial charge in [0.15, 0.2) is 5.13 Å². The molecule has 0 aliphatic carbocycles. The van der Waals surface area contributed by atoms with Crippen LogP contribution in [0.4, 0.5) is 9.93 Å². The summed E-state index contributed by atoms with van der Waals surface area (Å²) in [5.41, 5.74) is 0.891. The Bertz CT molecular complexity index is 508. The smallest absolute Gasteiger partial charge is 0.321 e. The van der Waals surface area contributed by atoms with Crippen molar-refractivity contribution in [2.45, 2.75) is 13.0 Å². The van der Waals surface area contributed by atoms with E-state index >= 15 is 0 Å². The quantitative estimate of drug-likeness (QED) is 0.892. The molecule has 2 N–H and O–H groups in total. The highest BCUT2D eigenvalue weighted by molar-refractivity contribution is 7.22. The fraction of sp³-hybridized carbons (Fsp3) is 0.333. The number of anilines is 1. The molecule has 0 saturated carbocycles. The number of thiazole rings is 1. The third-order valence-corrected chi connectivity index (χ3v) is 3.26. The summed E-state index contributed by atoms with van der Waals surface area (Å²) in [6.45, 7) is 2.36. The fourth-order valence-corrected chi connectivity index (χ4v) is 2.44. The van der Waals surface area contributed by atoms with Gasteiger partial charge in [-0.15, -0.1) is 0 Å². The summed E-state index contributed by atoms with van der Waals surface area (Å²) in [5, 5.41) is 6.08. The van der Waals surface area contributed by atoms with E-state index in [1.807, 2.05) is 31.2 Å². The van der Waals surface area contributed by atoms with Crippen LogP contribution in [0.15, 0.2) is 24.3 Å². The Morgan fingerprint density at radius 2 is 2.28 bits per heavy atom. The number of fused-ring (bicyclic) bond motifs is 1. The van der Waals surface area contributed by atoms with E-state index in [4.69, 9.17) is 4.74 Å². The zero-order valence-electron chi connectivity index (χ0n) is 10.3. The third kappa shape index (κ3) is 3.18. The van der Waals surface area contributed by atoms with Crippen molar-refractivity contribution in [1.29, 1.82) is 0 Å². The highest BCUT2D eigenvalue weighted by atomic mass is 32.1. The van der Waals surface area contributed by atoms with Crippen LogP contribution in [0.25, 0.3) is 10.2 Å². The summed E-state index contributed by atoms with van der Waals surface area (Å²) in [7, 11) is 1.60. The minimum atomic E-state index is -0.265. The Labute approximate surface area is 109 Å². The molecule has 0 radical (unpaired) electrons. The van der Waals surface area contributed by atoms with Crippen molar-refractivity contribution in [1.82, 2.24) is 10.3 Å². The van der Waals surface area contributed by atoms with E-state index in [1.165, 1.54) is 11.3 Å². The van der Waals surface area contributed by atoms with Gasteiger partial charge in [0.1, 0.15) is 0 Å².